The number of benzene rings is 1. The highest BCUT2D eigenvalue weighted by atomic mass is 16.5. The molecule has 1 aliphatic rings. The van der Waals surface area contributed by atoms with Crippen molar-refractivity contribution in [2.24, 2.45) is 11.7 Å². The first-order chi connectivity index (χ1) is 12.2. The number of hydrogen-bond donors (Lipinski definition) is 1. The molecule has 0 atom stereocenters. The van der Waals surface area contributed by atoms with Gasteiger partial charge in [-0.1, -0.05) is 18.2 Å². The summed E-state index contributed by atoms with van der Waals surface area (Å²) in [6.07, 6.45) is 5.25. The van der Waals surface area contributed by atoms with Gasteiger partial charge in [0, 0.05) is 37.6 Å². The van der Waals surface area contributed by atoms with Gasteiger partial charge in [0.05, 0.1) is 12.5 Å². The van der Waals surface area contributed by atoms with Gasteiger partial charge >= 0.3 is 5.97 Å². The van der Waals surface area contributed by atoms with Crippen molar-refractivity contribution in [1.29, 1.82) is 0 Å². The topological polar surface area (TPSA) is 81.3 Å². The van der Waals surface area contributed by atoms with Crippen LogP contribution in [0.4, 0.5) is 5.95 Å². The maximum Gasteiger partial charge on any atom is 0.309 e. The summed E-state index contributed by atoms with van der Waals surface area (Å²) in [5.41, 5.74) is 8.82. The van der Waals surface area contributed by atoms with Crippen LogP contribution in [0, 0.1) is 5.92 Å². The molecule has 1 saturated heterocycles. The SMILES string of the molecule is CCOC(=O)C1CCN(c2ncc(-c3cccc(CN)c3)cn2)CC1. The van der Waals surface area contributed by atoms with E-state index in [1.165, 1.54) is 0 Å². The summed E-state index contributed by atoms with van der Waals surface area (Å²) in [6, 6.07) is 8.09. The number of hydrogen-bond acceptors (Lipinski definition) is 6. The van der Waals surface area contributed by atoms with Crippen molar-refractivity contribution in [2.45, 2.75) is 26.3 Å². The van der Waals surface area contributed by atoms with Gasteiger partial charge in [-0.2, -0.15) is 0 Å². The Morgan fingerprint density at radius 2 is 1.96 bits per heavy atom. The van der Waals surface area contributed by atoms with Crippen molar-refractivity contribution in [3.8, 4) is 11.1 Å². The van der Waals surface area contributed by atoms with Gasteiger partial charge < -0.3 is 15.4 Å². The fourth-order valence-electron chi connectivity index (χ4n) is 3.09. The third-order valence-electron chi connectivity index (χ3n) is 4.53. The van der Waals surface area contributed by atoms with Crippen LogP contribution >= 0.6 is 0 Å². The second-order valence-electron chi connectivity index (χ2n) is 6.19. The number of nitrogens with two attached hydrogens (primary N) is 1. The Morgan fingerprint density at radius 1 is 1.24 bits per heavy atom. The first-order valence-corrected chi connectivity index (χ1v) is 8.74. The number of nitrogens with zero attached hydrogens (tertiary/aromatic N) is 3. The zero-order valence-corrected chi connectivity index (χ0v) is 14.5. The minimum Gasteiger partial charge on any atom is -0.466 e. The van der Waals surface area contributed by atoms with Gasteiger partial charge in [0.25, 0.3) is 0 Å². The molecule has 6 nitrogen and oxygen atoms in total. The van der Waals surface area contributed by atoms with E-state index in [0.29, 0.717) is 19.1 Å². The van der Waals surface area contributed by atoms with Crippen LogP contribution in [0.15, 0.2) is 36.7 Å². The summed E-state index contributed by atoms with van der Waals surface area (Å²) in [5.74, 6) is 0.619. The van der Waals surface area contributed by atoms with E-state index < -0.39 is 0 Å². The Labute approximate surface area is 148 Å². The van der Waals surface area contributed by atoms with Crippen molar-refractivity contribution < 1.29 is 9.53 Å². The average molecular weight is 340 g/mol. The van der Waals surface area contributed by atoms with Crippen LogP contribution in [-0.2, 0) is 16.1 Å². The second-order valence-corrected chi connectivity index (χ2v) is 6.19. The number of rotatable bonds is 5. The number of carbonyl (C=O) groups excluding carboxylic acids is 1. The van der Waals surface area contributed by atoms with Crippen molar-refractivity contribution in [1.82, 2.24) is 9.97 Å². The highest BCUT2D eigenvalue weighted by molar-refractivity contribution is 5.72. The van der Waals surface area contributed by atoms with Crippen LogP contribution in [0.2, 0.25) is 0 Å². The molecular formula is C19H24N4O2. The van der Waals surface area contributed by atoms with Gasteiger partial charge in [-0.25, -0.2) is 9.97 Å². The fourth-order valence-corrected chi connectivity index (χ4v) is 3.09. The minimum atomic E-state index is -0.0850. The lowest BCUT2D eigenvalue weighted by molar-refractivity contribution is -0.148. The van der Waals surface area contributed by atoms with Crippen molar-refractivity contribution >= 4 is 11.9 Å². The third kappa shape index (κ3) is 4.14. The smallest absolute Gasteiger partial charge is 0.309 e. The predicted molar refractivity (Wildman–Crippen MR) is 96.9 cm³/mol. The van der Waals surface area contributed by atoms with Crippen LogP contribution in [0.1, 0.15) is 25.3 Å². The molecule has 2 N–H and O–H groups in total. The Morgan fingerprint density at radius 3 is 2.60 bits per heavy atom. The number of esters is 1. The van der Waals surface area contributed by atoms with Gasteiger partial charge in [0.15, 0.2) is 0 Å². The van der Waals surface area contributed by atoms with Crippen LogP contribution in [0.3, 0.4) is 0 Å². The largest absolute Gasteiger partial charge is 0.466 e. The number of ether oxygens (including phenoxy) is 1. The molecule has 0 radical (unpaired) electrons. The van der Waals surface area contributed by atoms with E-state index in [2.05, 4.69) is 20.9 Å². The van der Waals surface area contributed by atoms with Gasteiger partial charge in [-0.05, 0) is 37.0 Å². The van der Waals surface area contributed by atoms with E-state index in [0.717, 1.165) is 42.6 Å². The Kier molecular flexibility index (Phi) is 5.60. The molecular weight excluding hydrogens is 316 g/mol. The van der Waals surface area contributed by atoms with Crippen molar-refractivity contribution in [3.63, 3.8) is 0 Å². The average Bonchev–Trinajstić information content (AvgIpc) is 2.68. The molecule has 2 heterocycles. The molecule has 1 fully saturated rings. The molecule has 1 aromatic carbocycles. The lowest BCUT2D eigenvalue weighted by Crippen LogP contribution is -2.37. The molecule has 1 aromatic heterocycles. The second kappa shape index (κ2) is 8.07. The molecule has 0 unspecified atom stereocenters. The molecule has 1 aliphatic heterocycles. The maximum absolute atomic E-state index is 11.8. The molecule has 0 spiro atoms. The van der Waals surface area contributed by atoms with Crippen LogP contribution in [0.25, 0.3) is 11.1 Å². The fraction of sp³-hybridized carbons (Fsp3) is 0.421. The maximum atomic E-state index is 11.8. The third-order valence-corrected chi connectivity index (χ3v) is 4.53. The van der Waals surface area contributed by atoms with E-state index in [4.69, 9.17) is 10.5 Å². The first kappa shape index (κ1) is 17.4. The van der Waals surface area contributed by atoms with Crippen molar-refractivity contribution in [3.05, 3.63) is 42.2 Å². The van der Waals surface area contributed by atoms with Gasteiger partial charge in [0.1, 0.15) is 0 Å². The molecule has 0 amide bonds. The zero-order chi connectivity index (χ0) is 17.6. The molecule has 2 aromatic rings. The molecule has 0 bridgehead atoms. The van der Waals surface area contributed by atoms with Gasteiger partial charge in [0.2, 0.25) is 5.95 Å². The summed E-state index contributed by atoms with van der Waals surface area (Å²) >= 11 is 0. The standard InChI is InChI=1S/C19H24N4O2/c1-2-25-18(24)15-6-8-23(9-7-15)19-21-12-17(13-22-19)16-5-3-4-14(10-16)11-20/h3-5,10,12-13,15H,2,6-9,11,20H2,1H3. The number of carbonyl (C=O) groups is 1. The monoisotopic (exact) mass is 340 g/mol. The summed E-state index contributed by atoms with van der Waals surface area (Å²) < 4.78 is 5.11. The Bertz CT molecular complexity index is 710. The van der Waals surface area contributed by atoms with Crippen molar-refractivity contribution in [2.75, 3.05) is 24.6 Å². The highest BCUT2D eigenvalue weighted by Crippen LogP contribution is 2.24. The Hall–Kier alpha value is -2.47. The molecule has 0 saturated carbocycles. The molecule has 3 rings (SSSR count). The summed E-state index contributed by atoms with van der Waals surface area (Å²) in [4.78, 5) is 23.0. The Balaban J connectivity index is 1.64. The summed E-state index contributed by atoms with van der Waals surface area (Å²) in [6.45, 7) is 4.33. The number of anilines is 1. The highest BCUT2D eigenvalue weighted by Gasteiger charge is 2.26. The van der Waals surface area contributed by atoms with E-state index in [-0.39, 0.29) is 11.9 Å². The number of piperidine rings is 1. The lowest BCUT2D eigenvalue weighted by Gasteiger charge is -2.30. The van der Waals surface area contributed by atoms with Gasteiger partial charge in [-0.15, -0.1) is 0 Å². The van der Waals surface area contributed by atoms with E-state index in [1.807, 2.05) is 37.5 Å². The van der Waals surface area contributed by atoms with Crippen LogP contribution < -0.4 is 10.6 Å². The first-order valence-electron chi connectivity index (χ1n) is 8.74. The predicted octanol–water partition coefficient (Wildman–Crippen LogP) is 2.38. The van der Waals surface area contributed by atoms with Crippen LogP contribution in [0.5, 0.6) is 0 Å². The number of aromatic nitrogens is 2. The van der Waals surface area contributed by atoms with E-state index >= 15 is 0 Å². The quantitative estimate of drug-likeness (QED) is 0.842. The van der Waals surface area contributed by atoms with Gasteiger partial charge in [-0.3, -0.25) is 4.79 Å². The normalized spacial score (nSPS) is 15.2. The van der Waals surface area contributed by atoms with E-state index in [9.17, 15) is 4.79 Å². The summed E-state index contributed by atoms with van der Waals surface area (Å²) in [5, 5.41) is 0. The molecule has 132 valence electrons. The lowest BCUT2D eigenvalue weighted by atomic mass is 9.97. The molecule has 25 heavy (non-hydrogen) atoms. The zero-order valence-electron chi connectivity index (χ0n) is 14.5. The van der Waals surface area contributed by atoms with E-state index in [1.54, 1.807) is 0 Å². The minimum absolute atomic E-state index is 0.00512. The molecule has 6 heteroatoms. The van der Waals surface area contributed by atoms with Crippen LogP contribution in [-0.4, -0.2) is 35.6 Å². The molecule has 0 aliphatic carbocycles. The summed E-state index contributed by atoms with van der Waals surface area (Å²) in [7, 11) is 0.